The molecule has 2 atom stereocenters. The van der Waals surface area contributed by atoms with E-state index in [1.807, 2.05) is 48.5 Å². The first-order valence-corrected chi connectivity index (χ1v) is 11.1. The molecule has 0 spiro atoms. The lowest BCUT2D eigenvalue weighted by Crippen LogP contribution is -2.45. The van der Waals surface area contributed by atoms with E-state index in [9.17, 15) is 4.79 Å². The summed E-state index contributed by atoms with van der Waals surface area (Å²) >= 11 is 0. The molecule has 2 aromatic heterocycles. The Kier molecular flexibility index (Phi) is 5.41. The van der Waals surface area contributed by atoms with Gasteiger partial charge in [0.1, 0.15) is 5.82 Å². The first kappa shape index (κ1) is 20.9. The van der Waals surface area contributed by atoms with Gasteiger partial charge in [0, 0.05) is 24.7 Å². The predicted octanol–water partition coefficient (Wildman–Crippen LogP) is 4.54. The van der Waals surface area contributed by atoms with Gasteiger partial charge in [-0.3, -0.25) is 9.36 Å². The number of morpholine rings is 1. The molecule has 1 aliphatic heterocycles. The third kappa shape index (κ3) is 3.99. The number of pyridine rings is 2. The van der Waals surface area contributed by atoms with E-state index in [0.717, 1.165) is 41.1 Å². The van der Waals surface area contributed by atoms with E-state index in [1.165, 1.54) is 0 Å². The van der Waals surface area contributed by atoms with Crippen molar-refractivity contribution in [3.8, 4) is 22.9 Å². The molecule has 3 heterocycles. The third-order valence-electron chi connectivity index (χ3n) is 6.02. The minimum Gasteiger partial charge on any atom is -0.372 e. The second kappa shape index (κ2) is 8.53. The first-order chi connectivity index (χ1) is 16.0. The highest BCUT2D eigenvalue weighted by Crippen LogP contribution is 2.28. The van der Waals surface area contributed by atoms with Crippen molar-refractivity contribution in [2.24, 2.45) is 0 Å². The summed E-state index contributed by atoms with van der Waals surface area (Å²) in [5.74, 6) is 0.887. The number of rotatable bonds is 3. The normalized spacial score (nSPS) is 18.3. The summed E-state index contributed by atoms with van der Waals surface area (Å²) in [5, 5.41) is 10.6. The maximum atomic E-state index is 13.4. The minimum atomic E-state index is -0.0915. The molecular formula is C27H24N4O2. The maximum Gasteiger partial charge on any atom is 0.263 e. The first-order valence-electron chi connectivity index (χ1n) is 11.1. The molecule has 6 nitrogen and oxygen atoms in total. The van der Waals surface area contributed by atoms with Crippen LogP contribution in [-0.2, 0) is 4.74 Å². The molecule has 5 rings (SSSR count). The molecule has 0 N–H and O–H groups in total. The van der Waals surface area contributed by atoms with Crippen LogP contribution in [0.15, 0.2) is 77.9 Å². The van der Waals surface area contributed by atoms with E-state index in [-0.39, 0.29) is 17.8 Å². The molecule has 1 fully saturated rings. The van der Waals surface area contributed by atoms with Gasteiger partial charge in [0.25, 0.3) is 5.56 Å². The highest BCUT2D eigenvalue weighted by atomic mass is 16.5. The molecule has 1 aliphatic rings. The highest BCUT2D eigenvalue weighted by Gasteiger charge is 2.23. The van der Waals surface area contributed by atoms with Crippen molar-refractivity contribution in [3.63, 3.8) is 0 Å². The quantitative estimate of drug-likeness (QED) is 0.472. The third-order valence-corrected chi connectivity index (χ3v) is 6.02. The fraction of sp³-hybridized carbons (Fsp3) is 0.222. The Hall–Kier alpha value is -3.95. The Morgan fingerprint density at radius 2 is 1.73 bits per heavy atom. The summed E-state index contributed by atoms with van der Waals surface area (Å²) in [6.07, 6.45) is 3.86. The summed E-state index contributed by atoms with van der Waals surface area (Å²) in [5.41, 5.74) is 3.18. The number of nitriles is 1. The molecule has 0 unspecified atom stereocenters. The van der Waals surface area contributed by atoms with Crippen molar-refractivity contribution in [2.75, 3.05) is 18.0 Å². The van der Waals surface area contributed by atoms with Crippen LogP contribution in [-0.4, -0.2) is 34.8 Å². The number of fused-ring (bicyclic) bond motifs is 1. The second-order valence-corrected chi connectivity index (χ2v) is 8.48. The van der Waals surface area contributed by atoms with E-state index in [1.54, 1.807) is 29.1 Å². The summed E-state index contributed by atoms with van der Waals surface area (Å²) in [4.78, 5) is 20.2. The van der Waals surface area contributed by atoms with E-state index in [0.29, 0.717) is 10.9 Å². The smallest absolute Gasteiger partial charge is 0.263 e. The molecule has 33 heavy (non-hydrogen) atoms. The predicted molar refractivity (Wildman–Crippen MR) is 130 cm³/mol. The van der Waals surface area contributed by atoms with Crippen LogP contribution in [0.3, 0.4) is 0 Å². The molecule has 1 saturated heterocycles. The van der Waals surface area contributed by atoms with Gasteiger partial charge in [0.05, 0.1) is 35.7 Å². The van der Waals surface area contributed by atoms with Crippen molar-refractivity contribution >= 4 is 16.6 Å². The number of aromatic nitrogens is 2. The SMILES string of the molecule is C[C@@H]1CN(c2ccc(-n3ccc4c(-c5ccc(C#N)cc5)cccc4c3=O)cn2)C[C@H](C)O1. The molecule has 0 radical (unpaired) electrons. The summed E-state index contributed by atoms with van der Waals surface area (Å²) in [7, 11) is 0. The van der Waals surface area contributed by atoms with Gasteiger partial charge in [-0.1, -0.05) is 24.3 Å². The van der Waals surface area contributed by atoms with Crippen LogP contribution in [0, 0.1) is 11.3 Å². The summed E-state index contributed by atoms with van der Waals surface area (Å²) < 4.78 is 7.44. The standard InChI is InChI=1S/C27H24N4O2/c1-18-16-30(17-19(2)33-18)26-11-10-22(15-29-26)31-13-12-24-23(4-3-5-25(24)27(31)32)21-8-6-20(14-28)7-9-21/h3-13,15,18-19H,16-17H2,1-2H3/t18-,19+. The minimum absolute atomic E-state index is 0.0915. The number of hydrogen-bond donors (Lipinski definition) is 0. The summed E-state index contributed by atoms with van der Waals surface area (Å²) in [6, 6.07) is 21.1. The average Bonchev–Trinajstić information content (AvgIpc) is 2.84. The van der Waals surface area contributed by atoms with E-state index in [2.05, 4.69) is 29.8 Å². The topological polar surface area (TPSA) is 71.2 Å². The fourth-order valence-electron chi connectivity index (χ4n) is 4.53. The Morgan fingerprint density at radius 3 is 2.39 bits per heavy atom. The van der Waals surface area contributed by atoms with Crippen molar-refractivity contribution in [1.29, 1.82) is 5.26 Å². The van der Waals surface area contributed by atoms with E-state index >= 15 is 0 Å². The largest absolute Gasteiger partial charge is 0.372 e. The van der Waals surface area contributed by atoms with Gasteiger partial charge in [-0.2, -0.15) is 5.26 Å². The molecule has 164 valence electrons. The van der Waals surface area contributed by atoms with Crippen LogP contribution >= 0.6 is 0 Å². The number of benzene rings is 2. The van der Waals surface area contributed by atoms with Crippen LogP contribution in [0.5, 0.6) is 0 Å². The molecule has 4 aromatic rings. The van der Waals surface area contributed by atoms with Crippen molar-refractivity contribution < 1.29 is 4.74 Å². The fourth-order valence-corrected chi connectivity index (χ4v) is 4.53. The monoisotopic (exact) mass is 436 g/mol. The van der Waals surface area contributed by atoms with Crippen molar-refractivity contribution in [2.45, 2.75) is 26.1 Å². The lowest BCUT2D eigenvalue weighted by Gasteiger charge is -2.36. The van der Waals surface area contributed by atoms with Crippen LogP contribution in [0.4, 0.5) is 5.82 Å². The highest BCUT2D eigenvalue weighted by molar-refractivity contribution is 5.96. The van der Waals surface area contributed by atoms with Gasteiger partial charge in [0.2, 0.25) is 0 Å². The molecule has 0 aliphatic carbocycles. The van der Waals surface area contributed by atoms with Gasteiger partial charge in [-0.15, -0.1) is 0 Å². The zero-order valence-electron chi connectivity index (χ0n) is 18.6. The van der Waals surface area contributed by atoms with Gasteiger partial charge in [-0.05, 0) is 66.8 Å². The van der Waals surface area contributed by atoms with Crippen LogP contribution in [0.25, 0.3) is 27.6 Å². The molecule has 6 heteroatoms. The van der Waals surface area contributed by atoms with Gasteiger partial charge < -0.3 is 9.64 Å². The zero-order valence-corrected chi connectivity index (χ0v) is 18.6. The number of ether oxygens (including phenoxy) is 1. The van der Waals surface area contributed by atoms with Crippen molar-refractivity contribution in [1.82, 2.24) is 9.55 Å². The van der Waals surface area contributed by atoms with E-state index < -0.39 is 0 Å². The zero-order chi connectivity index (χ0) is 22.9. The Labute approximate surface area is 192 Å². The number of nitrogens with zero attached hydrogens (tertiary/aromatic N) is 4. The Balaban J connectivity index is 1.50. The number of hydrogen-bond acceptors (Lipinski definition) is 5. The molecule has 0 amide bonds. The van der Waals surface area contributed by atoms with Crippen LogP contribution in [0.2, 0.25) is 0 Å². The van der Waals surface area contributed by atoms with Crippen molar-refractivity contribution in [3.05, 3.63) is 89.0 Å². The van der Waals surface area contributed by atoms with Gasteiger partial charge in [-0.25, -0.2) is 4.98 Å². The lowest BCUT2D eigenvalue weighted by molar-refractivity contribution is -0.00545. The van der Waals surface area contributed by atoms with Crippen LogP contribution < -0.4 is 10.5 Å². The van der Waals surface area contributed by atoms with Gasteiger partial charge in [0.15, 0.2) is 0 Å². The maximum absolute atomic E-state index is 13.4. The van der Waals surface area contributed by atoms with E-state index in [4.69, 9.17) is 10.00 Å². The Morgan fingerprint density at radius 1 is 0.970 bits per heavy atom. The average molecular weight is 437 g/mol. The number of anilines is 1. The van der Waals surface area contributed by atoms with Crippen LogP contribution in [0.1, 0.15) is 19.4 Å². The molecular weight excluding hydrogens is 412 g/mol. The summed E-state index contributed by atoms with van der Waals surface area (Å²) in [6.45, 7) is 5.73. The lowest BCUT2D eigenvalue weighted by atomic mass is 9.98. The second-order valence-electron chi connectivity index (χ2n) is 8.48. The van der Waals surface area contributed by atoms with Gasteiger partial charge >= 0.3 is 0 Å². The molecule has 0 bridgehead atoms. The molecule has 0 saturated carbocycles. The Bertz CT molecular complexity index is 1390. The molecule has 2 aromatic carbocycles.